The third kappa shape index (κ3) is 2.59. The maximum absolute atomic E-state index is 10.4. The molecular formula is C9H9N5O2. The fourth-order valence-corrected chi connectivity index (χ4v) is 1.23. The second kappa shape index (κ2) is 4.47. The molecule has 2 heterocycles. The Balaban J connectivity index is 2.06. The van der Waals surface area contributed by atoms with Gasteiger partial charge in [-0.2, -0.15) is 0 Å². The minimum Gasteiger partial charge on any atom is -0.481 e. The molecule has 0 aliphatic carbocycles. The summed E-state index contributed by atoms with van der Waals surface area (Å²) >= 11 is 0. The highest BCUT2D eigenvalue weighted by Gasteiger charge is 2.06. The zero-order valence-corrected chi connectivity index (χ0v) is 8.32. The van der Waals surface area contributed by atoms with E-state index in [-0.39, 0.29) is 6.42 Å². The molecule has 0 amide bonds. The first kappa shape index (κ1) is 10.2. The van der Waals surface area contributed by atoms with Gasteiger partial charge in [0.15, 0.2) is 0 Å². The first-order valence-electron chi connectivity index (χ1n) is 4.60. The molecule has 0 fully saturated rings. The van der Waals surface area contributed by atoms with E-state index in [1.54, 1.807) is 24.8 Å². The molecule has 0 saturated heterocycles. The Morgan fingerprint density at radius 1 is 1.38 bits per heavy atom. The lowest BCUT2D eigenvalue weighted by Crippen LogP contribution is -2.02. The number of aliphatic carboxylic acids is 1. The summed E-state index contributed by atoms with van der Waals surface area (Å²) in [5, 5.41) is 16.1. The molecule has 0 bridgehead atoms. The molecule has 0 saturated carbocycles. The van der Waals surface area contributed by atoms with Gasteiger partial charge in [0.1, 0.15) is 0 Å². The predicted octanol–water partition coefficient (Wildman–Crippen LogP) is -0.256. The van der Waals surface area contributed by atoms with Crippen molar-refractivity contribution in [3.63, 3.8) is 0 Å². The Morgan fingerprint density at radius 2 is 2.25 bits per heavy atom. The van der Waals surface area contributed by atoms with Gasteiger partial charge in [-0.05, 0) is 0 Å². The van der Waals surface area contributed by atoms with E-state index < -0.39 is 5.97 Å². The molecule has 0 unspecified atom stereocenters. The first-order chi connectivity index (χ1) is 7.74. The number of nitrogens with zero attached hydrogens (tertiary/aromatic N) is 5. The molecule has 82 valence electrons. The molecule has 0 atom stereocenters. The quantitative estimate of drug-likeness (QED) is 0.761. The fourth-order valence-electron chi connectivity index (χ4n) is 1.23. The zero-order chi connectivity index (χ0) is 11.4. The summed E-state index contributed by atoms with van der Waals surface area (Å²) in [5.74, 6) is -0.924. The van der Waals surface area contributed by atoms with Gasteiger partial charge in [-0.1, -0.05) is 5.21 Å². The summed E-state index contributed by atoms with van der Waals surface area (Å²) in [6, 6.07) is 0. The third-order valence-electron chi connectivity index (χ3n) is 1.86. The molecule has 0 aromatic carbocycles. The third-order valence-corrected chi connectivity index (χ3v) is 1.86. The molecule has 2 aromatic rings. The summed E-state index contributed by atoms with van der Waals surface area (Å²) in [4.78, 5) is 18.4. The highest BCUT2D eigenvalue weighted by molar-refractivity contribution is 5.69. The minimum atomic E-state index is -0.924. The van der Waals surface area contributed by atoms with Crippen molar-refractivity contribution in [2.45, 2.75) is 13.0 Å². The van der Waals surface area contributed by atoms with Crippen LogP contribution in [0, 0.1) is 0 Å². The number of aromatic nitrogens is 5. The maximum Gasteiger partial charge on any atom is 0.309 e. The predicted molar refractivity (Wildman–Crippen MR) is 52.5 cm³/mol. The summed E-state index contributed by atoms with van der Waals surface area (Å²) in [5.41, 5.74) is 1.17. The van der Waals surface area contributed by atoms with E-state index >= 15 is 0 Å². The lowest BCUT2D eigenvalue weighted by atomic mass is 10.3. The molecule has 1 N–H and O–H groups in total. The van der Waals surface area contributed by atoms with Crippen LogP contribution in [0.5, 0.6) is 0 Å². The molecule has 2 aromatic heterocycles. The summed E-state index contributed by atoms with van der Waals surface area (Å²) in [6.45, 7) is 0.431. The second-order valence-corrected chi connectivity index (χ2v) is 3.17. The molecule has 7 heteroatoms. The van der Waals surface area contributed by atoms with Crippen LogP contribution in [-0.4, -0.2) is 36.0 Å². The summed E-state index contributed by atoms with van der Waals surface area (Å²) in [7, 11) is 0. The van der Waals surface area contributed by atoms with Gasteiger partial charge < -0.3 is 5.11 Å². The Bertz CT molecular complexity index is 482. The highest BCUT2D eigenvalue weighted by atomic mass is 16.4. The monoisotopic (exact) mass is 219 g/mol. The Morgan fingerprint density at radius 3 is 2.94 bits per heavy atom. The molecule has 7 nitrogen and oxygen atoms in total. The van der Waals surface area contributed by atoms with Crippen molar-refractivity contribution in [2.75, 3.05) is 0 Å². The number of carbonyl (C=O) groups is 1. The van der Waals surface area contributed by atoms with Crippen molar-refractivity contribution in [1.82, 2.24) is 25.0 Å². The van der Waals surface area contributed by atoms with E-state index in [9.17, 15) is 4.79 Å². The standard InChI is InChI=1S/C9H9N5O2/c15-9(16)3-7-5-14(13-12-7)6-8-4-10-1-2-11-8/h1-2,4-5H,3,6H2,(H,15,16). The van der Waals surface area contributed by atoms with Gasteiger partial charge in [0, 0.05) is 18.6 Å². The fraction of sp³-hybridized carbons (Fsp3) is 0.222. The molecule has 0 spiro atoms. The van der Waals surface area contributed by atoms with E-state index in [2.05, 4.69) is 20.3 Å². The van der Waals surface area contributed by atoms with E-state index in [4.69, 9.17) is 5.11 Å². The van der Waals surface area contributed by atoms with Gasteiger partial charge in [0.2, 0.25) is 0 Å². The van der Waals surface area contributed by atoms with Crippen LogP contribution >= 0.6 is 0 Å². The van der Waals surface area contributed by atoms with Crippen molar-refractivity contribution in [1.29, 1.82) is 0 Å². The first-order valence-corrected chi connectivity index (χ1v) is 4.60. The number of carboxylic acid groups (broad SMARTS) is 1. The summed E-state index contributed by atoms with van der Waals surface area (Å²) in [6.07, 6.45) is 6.26. The normalized spacial score (nSPS) is 10.2. The van der Waals surface area contributed by atoms with Crippen molar-refractivity contribution in [3.05, 3.63) is 36.2 Å². The van der Waals surface area contributed by atoms with Crippen LogP contribution in [-0.2, 0) is 17.8 Å². The van der Waals surface area contributed by atoms with Crippen LogP contribution in [0.1, 0.15) is 11.4 Å². The molecule has 0 aliphatic heterocycles. The number of rotatable bonds is 4. The average molecular weight is 219 g/mol. The van der Waals surface area contributed by atoms with Gasteiger partial charge in [0.25, 0.3) is 0 Å². The van der Waals surface area contributed by atoms with Gasteiger partial charge in [0.05, 0.1) is 30.6 Å². The average Bonchev–Trinajstić information content (AvgIpc) is 2.66. The smallest absolute Gasteiger partial charge is 0.309 e. The van der Waals surface area contributed by atoms with Gasteiger partial charge in [-0.15, -0.1) is 5.10 Å². The maximum atomic E-state index is 10.4. The van der Waals surface area contributed by atoms with E-state index in [1.807, 2.05) is 0 Å². The summed E-state index contributed by atoms with van der Waals surface area (Å²) < 4.78 is 1.53. The second-order valence-electron chi connectivity index (χ2n) is 3.17. The SMILES string of the molecule is O=C(O)Cc1cn(Cc2cnccn2)nn1. The largest absolute Gasteiger partial charge is 0.481 e. The van der Waals surface area contributed by atoms with Gasteiger partial charge >= 0.3 is 5.97 Å². The van der Waals surface area contributed by atoms with Crippen molar-refractivity contribution in [3.8, 4) is 0 Å². The van der Waals surface area contributed by atoms with Crippen LogP contribution in [0.15, 0.2) is 24.8 Å². The van der Waals surface area contributed by atoms with Crippen LogP contribution < -0.4 is 0 Å². The van der Waals surface area contributed by atoms with Crippen molar-refractivity contribution >= 4 is 5.97 Å². The molecule has 2 rings (SSSR count). The molecule has 0 aliphatic rings. The van der Waals surface area contributed by atoms with E-state index in [0.29, 0.717) is 12.2 Å². The van der Waals surface area contributed by atoms with Crippen LogP contribution in [0.25, 0.3) is 0 Å². The lowest BCUT2D eigenvalue weighted by Gasteiger charge is -1.97. The zero-order valence-electron chi connectivity index (χ0n) is 8.32. The Kier molecular flexibility index (Phi) is 2.86. The topological polar surface area (TPSA) is 93.8 Å². The van der Waals surface area contributed by atoms with Crippen LogP contribution in [0.3, 0.4) is 0 Å². The molecule has 16 heavy (non-hydrogen) atoms. The lowest BCUT2D eigenvalue weighted by molar-refractivity contribution is -0.136. The number of carboxylic acids is 1. The number of hydrogen-bond donors (Lipinski definition) is 1. The van der Waals surface area contributed by atoms with Gasteiger partial charge in [-0.3, -0.25) is 14.8 Å². The highest BCUT2D eigenvalue weighted by Crippen LogP contribution is 1.98. The Hall–Kier alpha value is -2.31. The van der Waals surface area contributed by atoms with Gasteiger partial charge in [-0.25, -0.2) is 4.68 Å². The molecule has 0 radical (unpaired) electrons. The van der Waals surface area contributed by atoms with Crippen LogP contribution in [0.2, 0.25) is 0 Å². The van der Waals surface area contributed by atoms with Crippen molar-refractivity contribution in [2.24, 2.45) is 0 Å². The molecular weight excluding hydrogens is 210 g/mol. The van der Waals surface area contributed by atoms with E-state index in [0.717, 1.165) is 5.69 Å². The Labute approximate surface area is 90.8 Å². The minimum absolute atomic E-state index is 0.125. The number of hydrogen-bond acceptors (Lipinski definition) is 5. The van der Waals surface area contributed by atoms with Crippen molar-refractivity contribution < 1.29 is 9.90 Å². The van der Waals surface area contributed by atoms with Crippen LogP contribution in [0.4, 0.5) is 0 Å². The van der Waals surface area contributed by atoms with E-state index in [1.165, 1.54) is 4.68 Å².